The van der Waals surface area contributed by atoms with Crippen LogP contribution in [-0.2, 0) is 5.75 Å². The predicted octanol–water partition coefficient (Wildman–Crippen LogP) is 0.803. The molecule has 0 saturated carbocycles. The summed E-state index contributed by atoms with van der Waals surface area (Å²) in [4.78, 5) is 24.5. The Morgan fingerprint density at radius 2 is 2.24 bits per heavy atom. The van der Waals surface area contributed by atoms with Crippen molar-refractivity contribution in [3.63, 3.8) is 0 Å². The summed E-state index contributed by atoms with van der Waals surface area (Å²) in [6.07, 6.45) is 1.14. The standard InChI is InChI=1S/C12H9N5O3S/c18-9-5-13-17-11(14-9)15-16-12(17)21-6-7-2-1-3-8(4-7)10(19)20/h1-5H,6H2,(H,19,20)(H,14,15,18). The van der Waals surface area contributed by atoms with Gasteiger partial charge in [-0.3, -0.25) is 9.78 Å². The van der Waals surface area contributed by atoms with E-state index in [-0.39, 0.29) is 16.9 Å². The molecule has 3 rings (SSSR count). The second-order valence-corrected chi connectivity index (χ2v) is 5.09. The monoisotopic (exact) mass is 303 g/mol. The zero-order chi connectivity index (χ0) is 14.8. The molecule has 0 radical (unpaired) electrons. The maximum atomic E-state index is 11.1. The topological polar surface area (TPSA) is 113 Å². The van der Waals surface area contributed by atoms with Crippen LogP contribution in [0.2, 0.25) is 0 Å². The Balaban J connectivity index is 1.82. The molecule has 0 aliphatic carbocycles. The molecular weight excluding hydrogens is 294 g/mol. The molecule has 0 aliphatic heterocycles. The molecule has 8 nitrogen and oxygen atoms in total. The average Bonchev–Trinajstić information content (AvgIpc) is 2.87. The van der Waals surface area contributed by atoms with E-state index in [4.69, 9.17) is 5.11 Å². The number of benzene rings is 1. The van der Waals surface area contributed by atoms with Crippen LogP contribution < -0.4 is 5.56 Å². The zero-order valence-electron chi connectivity index (χ0n) is 10.6. The number of H-pyrrole nitrogens is 1. The number of rotatable bonds is 4. The highest BCUT2D eigenvalue weighted by molar-refractivity contribution is 7.98. The SMILES string of the molecule is O=C(O)c1cccc(CSc2nnc3[nH]c(=O)cnn23)c1. The van der Waals surface area contributed by atoms with Crippen LogP contribution in [-0.4, -0.2) is 35.9 Å². The molecule has 0 fully saturated rings. The first-order valence-electron chi connectivity index (χ1n) is 5.89. The van der Waals surface area contributed by atoms with Gasteiger partial charge < -0.3 is 5.11 Å². The fraction of sp³-hybridized carbons (Fsp3) is 0.0833. The Kier molecular flexibility index (Phi) is 3.40. The van der Waals surface area contributed by atoms with Gasteiger partial charge in [-0.15, -0.1) is 10.2 Å². The zero-order valence-corrected chi connectivity index (χ0v) is 11.4. The van der Waals surface area contributed by atoms with E-state index < -0.39 is 5.97 Å². The molecule has 21 heavy (non-hydrogen) atoms. The number of carbonyl (C=O) groups is 1. The van der Waals surface area contributed by atoms with E-state index in [1.54, 1.807) is 12.1 Å². The van der Waals surface area contributed by atoms with E-state index in [2.05, 4.69) is 20.3 Å². The van der Waals surface area contributed by atoms with Gasteiger partial charge >= 0.3 is 5.97 Å². The van der Waals surface area contributed by atoms with E-state index in [1.165, 1.54) is 22.3 Å². The summed E-state index contributed by atoms with van der Waals surface area (Å²) in [5.74, 6) is -0.179. The number of fused-ring (bicyclic) bond motifs is 1. The summed E-state index contributed by atoms with van der Waals surface area (Å²) in [6.45, 7) is 0. The van der Waals surface area contributed by atoms with Gasteiger partial charge in [0.2, 0.25) is 5.16 Å². The lowest BCUT2D eigenvalue weighted by atomic mass is 10.1. The van der Waals surface area contributed by atoms with Crippen LogP contribution in [0.4, 0.5) is 0 Å². The van der Waals surface area contributed by atoms with Gasteiger partial charge in [0.25, 0.3) is 11.3 Å². The summed E-state index contributed by atoms with van der Waals surface area (Å²) >= 11 is 1.35. The van der Waals surface area contributed by atoms with Crippen molar-refractivity contribution in [1.29, 1.82) is 0 Å². The highest BCUT2D eigenvalue weighted by Crippen LogP contribution is 2.20. The van der Waals surface area contributed by atoms with Gasteiger partial charge in [0.15, 0.2) is 0 Å². The minimum absolute atomic E-state index is 0.238. The number of aromatic nitrogens is 5. The van der Waals surface area contributed by atoms with Crippen molar-refractivity contribution in [2.24, 2.45) is 0 Å². The van der Waals surface area contributed by atoms with Crippen LogP contribution in [0.3, 0.4) is 0 Å². The normalized spacial score (nSPS) is 10.9. The number of nitrogens with one attached hydrogen (secondary N) is 1. The fourth-order valence-electron chi connectivity index (χ4n) is 1.73. The maximum absolute atomic E-state index is 11.1. The van der Waals surface area contributed by atoms with Crippen LogP contribution in [0.15, 0.2) is 40.4 Å². The number of hydrogen-bond acceptors (Lipinski definition) is 6. The Morgan fingerprint density at radius 3 is 3.05 bits per heavy atom. The second kappa shape index (κ2) is 5.37. The van der Waals surface area contributed by atoms with Gasteiger partial charge in [-0.2, -0.15) is 9.61 Å². The number of aromatic amines is 1. The van der Waals surface area contributed by atoms with Gasteiger partial charge in [-0.05, 0) is 17.7 Å². The lowest BCUT2D eigenvalue weighted by molar-refractivity contribution is 0.0697. The quantitative estimate of drug-likeness (QED) is 0.685. The maximum Gasteiger partial charge on any atom is 0.335 e. The molecule has 0 amide bonds. The highest BCUT2D eigenvalue weighted by atomic mass is 32.2. The van der Waals surface area contributed by atoms with Crippen LogP contribution in [0, 0.1) is 0 Å². The lowest BCUT2D eigenvalue weighted by Gasteiger charge is -2.01. The predicted molar refractivity (Wildman–Crippen MR) is 74.4 cm³/mol. The first-order chi connectivity index (χ1) is 10.1. The third kappa shape index (κ3) is 2.77. The third-order valence-corrected chi connectivity index (χ3v) is 3.67. The second-order valence-electron chi connectivity index (χ2n) is 4.15. The van der Waals surface area contributed by atoms with Crippen molar-refractivity contribution in [3.05, 3.63) is 51.9 Å². The first kappa shape index (κ1) is 13.3. The molecule has 3 aromatic rings. The van der Waals surface area contributed by atoms with Crippen LogP contribution in [0.25, 0.3) is 5.78 Å². The molecule has 2 N–H and O–H groups in total. The number of carboxylic acid groups (broad SMARTS) is 1. The molecule has 106 valence electrons. The highest BCUT2D eigenvalue weighted by Gasteiger charge is 2.09. The first-order valence-corrected chi connectivity index (χ1v) is 6.88. The van der Waals surface area contributed by atoms with Gasteiger partial charge in [-0.25, -0.2) is 4.79 Å². The number of nitrogens with zero attached hydrogens (tertiary/aromatic N) is 4. The van der Waals surface area contributed by atoms with Crippen LogP contribution >= 0.6 is 11.8 Å². The van der Waals surface area contributed by atoms with Gasteiger partial charge in [-0.1, -0.05) is 23.9 Å². The Bertz CT molecular complexity index is 872. The van der Waals surface area contributed by atoms with Gasteiger partial charge in [0.05, 0.1) is 5.56 Å². The van der Waals surface area contributed by atoms with Crippen molar-refractivity contribution in [2.45, 2.75) is 10.9 Å². The van der Waals surface area contributed by atoms with Crippen LogP contribution in [0.1, 0.15) is 15.9 Å². The number of aromatic carboxylic acids is 1. The number of carboxylic acids is 1. The van der Waals surface area contributed by atoms with E-state index in [1.807, 2.05) is 6.07 Å². The molecule has 9 heteroatoms. The van der Waals surface area contributed by atoms with Crippen molar-refractivity contribution in [2.75, 3.05) is 0 Å². The van der Waals surface area contributed by atoms with Gasteiger partial charge in [0, 0.05) is 5.75 Å². The molecule has 0 spiro atoms. The summed E-state index contributed by atoms with van der Waals surface area (Å²) < 4.78 is 1.42. The van der Waals surface area contributed by atoms with Crippen molar-refractivity contribution in [3.8, 4) is 0 Å². The minimum atomic E-state index is -0.964. The molecule has 1 aromatic carbocycles. The molecule has 0 aliphatic rings. The molecule has 2 heterocycles. The van der Waals surface area contributed by atoms with Gasteiger partial charge in [0.1, 0.15) is 6.20 Å². The third-order valence-electron chi connectivity index (χ3n) is 2.68. The average molecular weight is 303 g/mol. The number of hydrogen-bond donors (Lipinski definition) is 2. The Hall–Kier alpha value is -2.68. The summed E-state index contributed by atoms with van der Waals surface area (Å²) in [5.41, 5.74) is 0.739. The molecular formula is C12H9N5O3S. The summed E-state index contributed by atoms with van der Waals surface area (Å²) in [5, 5.41) is 21.2. The molecule has 0 bridgehead atoms. The van der Waals surface area contributed by atoms with Crippen molar-refractivity contribution < 1.29 is 9.90 Å². The summed E-state index contributed by atoms with van der Waals surface area (Å²) in [6, 6.07) is 6.66. The van der Waals surface area contributed by atoms with Crippen molar-refractivity contribution in [1.82, 2.24) is 24.8 Å². The van der Waals surface area contributed by atoms with E-state index in [0.29, 0.717) is 10.9 Å². The van der Waals surface area contributed by atoms with E-state index in [9.17, 15) is 9.59 Å². The smallest absolute Gasteiger partial charge is 0.335 e. The largest absolute Gasteiger partial charge is 0.478 e. The summed E-state index contributed by atoms with van der Waals surface area (Å²) in [7, 11) is 0. The lowest BCUT2D eigenvalue weighted by Crippen LogP contribution is -2.09. The molecule has 0 atom stereocenters. The Labute approximate surface area is 121 Å². The van der Waals surface area contributed by atoms with E-state index >= 15 is 0 Å². The van der Waals surface area contributed by atoms with Crippen LogP contribution in [0.5, 0.6) is 0 Å². The molecule has 0 saturated heterocycles. The molecule has 2 aromatic heterocycles. The fourth-order valence-corrected chi connectivity index (χ4v) is 2.56. The molecule has 0 unspecified atom stereocenters. The van der Waals surface area contributed by atoms with Crippen molar-refractivity contribution >= 4 is 23.5 Å². The van der Waals surface area contributed by atoms with E-state index in [0.717, 1.165) is 11.8 Å². The Morgan fingerprint density at radius 1 is 1.38 bits per heavy atom. The number of thioether (sulfide) groups is 1. The minimum Gasteiger partial charge on any atom is -0.478 e.